The second-order valence-corrected chi connectivity index (χ2v) is 7.09. The minimum absolute atomic E-state index is 0.250. The first-order valence-corrected chi connectivity index (χ1v) is 9.42. The quantitative estimate of drug-likeness (QED) is 0.326. The number of nitro benzene ring substituents is 3. The van der Waals surface area contributed by atoms with Crippen molar-refractivity contribution in [3.05, 3.63) is 95.6 Å². The summed E-state index contributed by atoms with van der Waals surface area (Å²) in [5.41, 5.74) is -3.70. The van der Waals surface area contributed by atoms with Crippen LogP contribution in [0.25, 0.3) is 11.1 Å². The van der Waals surface area contributed by atoms with Gasteiger partial charge in [0.05, 0.1) is 39.1 Å². The smallest absolute Gasteiger partial charge is 0.285 e. The van der Waals surface area contributed by atoms with Gasteiger partial charge in [-0.1, -0.05) is 0 Å². The summed E-state index contributed by atoms with van der Waals surface area (Å²) < 4.78 is 5.03. The number of fused-ring (bicyclic) bond motifs is 3. The van der Waals surface area contributed by atoms with E-state index in [0.717, 1.165) is 18.2 Å². The Balaban J connectivity index is 1.86. The maximum atomic E-state index is 13.0. The van der Waals surface area contributed by atoms with E-state index in [1.807, 2.05) is 0 Å². The van der Waals surface area contributed by atoms with Crippen molar-refractivity contribution in [3.8, 4) is 16.9 Å². The molecule has 0 fully saturated rings. The molecule has 1 aliphatic rings. The first-order valence-electron chi connectivity index (χ1n) is 9.42. The Bertz CT molecular complexity index is 1430. The first-order chi connectivity index (χ1) is 16.1. The number of non-ortho nitro benzene ring substituents is 1. The molecule has 1 amide bonds. The van der Waals surface area contributed by atoms with E-state index in [1.54, 1.807) is 12.1 Å². The van der Waals surface area contributed by atoms with Crippen LogP contribution in [-0.4, -0.2) is 33.6 Å². The highest BCUT2D eigenvalue weighted by Crippen LogP contribution is 2.48. The SMILES string of the molecule is COc1ccc(NC(=O)c2cc3c(c([N+](=O)[O-])c2)-c2c(cc([N+](=O)[O-])cc2[N+](=O)[O-])C3=O)cc1. The predicted molar refractivity (Wildman–Crippen MR) is 116 cm³/mol. The van der Waals surface area contributed by atoms with Crippen LogP contribution >= 0.6 is 0 Å². The largest absolute Gasteiger partial charge is 0.497 e. The van der Waals surface area contributed by atoms with Gasteiger partial charge in [0, 0.05) is 34.5 Å². The number of ether oxygens (including phenoxy) is 1. The zero-order valence-corrected chi connectivity index (χ0v) is 17.1. The molecule has 0 bridgehead atoms. The number of anilines is 1. The van der Waals surface area contributed by atoms with Crippen molar-refractivity contribution >= 4 is 34.4 Å². The van der Waals surface area contributed by atoms with Gasteiger partial charge in [0.1, 0.15) is 5.75 Å². The molecule has 3 aromatic carbocycles. The van der Waals surface area contributed by atoms with E-state index in [0.29, 0.717) is 17.5 Å². The van der Waals surface area contributed by atoms with Gasteiger partial charge in [-0.25, -0.2) is 0 Å². The fourth-order valence-corrected chi connectivity index (χ4v) is 3.67. The lowest BCUT2D eigenvalue weighted by atomic mass is 9.99. The lowest BCUT2D eigenvalue weighted by molar-refractivity contribution is -0.394. The molecular weight excluding hydrogens is 452 g/mol. The third kappa shape index (κ3) is 3.56. The average molecular weight is 464 g/mol. The number of amides is 1. The average Bonchev–Trinajstić information content (AvgIpc) is 3.10. The fraction of sp³-hybridized carbons (Fsp3) is 0.0476. The Kier molecular flexibility index (Phi) is 5.21. The van der Waals surface area contributed by atoms with E-state index in [2.05, 4.69) is 5.32 Å². The van der Waals surface area contributed by atoms with Crippen LogP contribution in [0.2, 0.25) is 0 Å². The molecule has 0 heterocycles. The third-order valence-corrected chi connectivity index (χ3v) is 5.17. The van der Waals surface area contributed by atoms with Crippen LogP contribution in [0.4, 0.5) is 22.7 Å². The number of hydrogen-bond acceptors (Lipinski definition) is 9. The number of methoxy groups -OCH3 is 1. The van der Waals surface area contributed by atoms with Crippen LogP contribution in [0, 0.1) is 30.3 Å². The highest BCUT2D eigenvalue weighted by Gasteiger charge is 2.41. The summed E-state index contributed by atoms with van der Waals surface area (Å²) in [5.74, 6) is -1.15. The Morgan fingerprint density at radius 1 is 0.824 bits per heavy atom. The summed E-state index contributed by atoms with van der Waals surface area (Å²) >= 11 is 0. The summed E-state index contributed by atoms with van der Waals surface area (Å²) in [6, 6.07) is 9.63. The number of benzene rings is 3. The second kappa shape index (κ2) is 8.05. The van der Waals surface area contributed by atoms with Crippen LogP contribution in [0.5, 0.6) is 5.75 Å². The van der Waals surface area contributed by atoms with Gasteiger partial charge in [-0.15, -0.1) is 0 Å². The molecule has 13 nitrogen and oxygen atoms in total. The molecule has 0 aliphatic heterocycles. The molecule has 0 spiro atoms. The Hall–Kier alpha value is -5.20. The molecule has 0 atom stereocenters. The Labute approximate surface area is 189 Å². The molecule has 4 rings (SSSR count). The fourth-order valence-electron chi connectivity index (χ4n) is 3.67. The number of nitro groups is 3. The van der Waals surface area contributed by atoms with Gasteiger partial charge < -0.3 is 10.1 Å². The van der Waals surface area contributed by atoms with Gasteiger partial charge in [-0.3, -0.25) is 39.9 Å². The number of nitrogens with zero attached hydrogens (tertiary/aromatic N) is 3. The molecule has 0 saturated carbocycles. The maximum Gasteiger partial charge on any atom is 0.285 e. The number of hydrogen-bond donors (Lipinski definition) is 1. The van der Waals surface area contributed by atoms with E-state index < -0.39 is 54.6 Å². The minimum atomic E-state index is -0.956. The van der Waals surface area contributed by atoms with Crippen molar-refractivity contribution in [2.24, 2.45) is 0 Å². The number of carbonyl (C=O) groups excluding carboxylic acids is 2. The molecule has 0 unspecified atom stereocenters. The van der Waals surface area contributed by atoms with Crippen molar-refractivity contribution in [2.75, 3.05) is 12.4 Å². The first kappa shape index (κ1) is 22.0. The van der Waals surface area contributed by atoms with Crippen LogP contribution in [0.1, 0.15) is 26.3 Å². The van der Waals surface area contributed by atoms with Gasteiger partial charge in [-0.05, 0) is 30.3 Å². The molecule has 1 N–H and O–H groups in total. The van der Waals surface area contributed by atoms with Crippen LogP contribution < -0.4 is 10.1 Å². The van der Waals surface area contributed by atoms with Gasteiger partial charge >= 0.3 is 0 Å². The molecule has 0 aromatic heterocycles. The molecule has 170 valence electrons. The van der Waals surface area contributed by atoms with Crippen molar-refractivity contribution in [1.29, 1.82) is 0 Å². The van der Waals surface area contributed by atoms with Crippen molar-refractivity contribution in [1.82, 2.24) is 0 Å². The number of nitrogens with one attached hydrogen (secondary N) is 1. The van der Waals surface area contributed by atoms with Gasteiger partial charge in [0.2, 0.25) is 0 Å². The van der Waals surface area contributed by atoms with E-state index in [9.17, 15) is 39.9 Å². The van der Waals surface area contributed by atoms with Crippen molar-refractivity contribution in [3.63, 3.8) is 0 Å². The summed E-state index contributed by atoms with van der Waals surface area (Å²) in [7, 11) is 1.46. The predicted octanol–water partition coefficient (Wildman–Crippen LogP) is 3.88. The third-order valence-electron chi connectivity index (χ3n) is 5.17. The molecule has 34 heavy (non-hydrogen) atoms. The van der Waals surface area contributed by atoms with Gasteiger partial charge in [0.15, 0.2) is 5.78 Å². The Morgan fingerprint density at radius 3 is 1.91 bits per heavy atom. The van der Waals surface area contributed by atoms with Crippen LogP contribution in [0.15, 0.2) is 48.5 Å². The number of ketones is 1. The topological polar surface area (TPSA) is 185 Å². The Morgan fingerprint density at radius 2 is 1.38 bits per heavy atom. The molecular formula is C21H12N4O9. The maximum absolute atomic E-state index is 13.0. The number of rotatable bonds is 6. The second-order valence-electron chi connectivity index (χ2n) is 7.09. The molecule has 0 radical (unpaired) electrons. The molecule has 3 aromatic rings. The van der Waals surface area contributed by atoms with E-state index >= 15 is 0 Å². The molecule has 0 saturated heterocycles. The highest BCUT2D eigenvalue weighted by atomic mass is 16.6. The van der Waals surface area contributed by atoms with E-state index in [1.165, 1.54) is 19.2 Å². The minimum Gasteiger partial charge on any atom is -0.497 e. The van der Waals surface area contributed by atoms with Crippen molar-refractivity contribution in [2.45, 2.75) is 0 Å². The lowest BCUT2D eigenvalue weighted by Gasteiger charge is -2.08. The van der Waals surface area contributed by atoms with E-state index in [4.69, 9.17) is 4.74 Å². The number of carbonyl (C=O) groups is 2. The van der Waals surface area contributed by atoms with Gasteiger partial charge in [-0.2, -0.15) is 0 Å². The van der Waals surface area contributed by atoms with Crippen LogP contribution in [-0.2, 0) is 0 Å². The molecule has 1 aliphatic carbocycles. The standard InChI is InChI=1S/C21H12N4O9/c1-34-13-4-2-11(3-5-13)22-21(27)10-6-14-18(16(7-10)24(30)31)19-15(20(14)26)8-12(23(28)29)9-17(19)25(32)33/h2-9H,1H3,(H,22,27). The molecule has 13 heteroatoms. The zero-order valence-electron chi connectivity index (χ0n) is 17.1. The summed E-state index contributed by atoms with van der Waals surface area (Å²) in [5, 5.41) is 37.1. The summed E-state index contributed by atoms with van der Waals surface area (Å²) in [4.78, 5) is 57.6. The monoisotopic (exact) mass is 464 g/mol. The van der Waals surface area contributed by atoms with Crippen LogP contribution in [0.3, 0.4) is 0 Å². The van der Waals surface area contributed by atoms with E-state index in [-0.39, 0.29) is 16.7 Å². The highest BCUT2D eigenvalue weighted by molar-refractivity contribution is 6.26. The summed E-state index contributed by atoms with van der Waals surface area (Å²) in [6.07, 6.45) is 0. The lowest BCUT2D eigenvalue weighted by Crippen LogP contribution is -2.13. The van der Waals surface area contributed by atoms with Gasteiger partial charge in [0.25, 0.3) is 23.0 Å². The zero-order chi connectivity index (χ0) is 24.7. The normalized spacial score (nSPS) is 11.4. The van der Waals surface area contributed by atoms with Crippen molar-refractivity contribution < 1.29 is 29.1 Å². The summed E-state index contributed by atoms with van der Waals surface area (Å²) in [6.45, 7) is 0.